The van der Waals surface area contributed by atoms with Crippen LogP contribution < -0.4 is 0 Å². The molecule has 450 valence electrons. The maximum absolute atomic E-state index is 9.22. The second-order valence-electron chi connectivity index (χ2n) is 24.8. The van der Waals surface area contributed by atoms with Gasteiger partial charge < -0.3 is 4.42 Å². The van der Waals surface area contributed by atoms with Crippen LogP contribution in [0.25, 0.3) is 187 Å². The summed E-state index contributed by atoms with van der Waals surface area (Å²) in [7, 11) is 0. The summed E-state index contributed by atoms with van der Waals surface area (Å²) in [6.45, 7) is 0. The summed E-state index contributed by atoms with van der Waals surface area (Å²) in [5.74, 6) is 0.614. The lowest BCUT2D eigenvalue weighted by molar-refractivity contribution is 0.620. The molecule has 0 bridgehead atoms. The van der Waals surface area contributed by atoms with E-state index in [4.69, 9.17) is 19.4 Å². The van der Waals surface area contributed by atoms with Crippen LogP contribution in [0, 0.1) is 11.3 Å². The topological polar surface area (TPSA) is 75.6 Å². The number of para-hydroxylation sites is 2. The number of hydrogen-bond donors (Lipinski definition) is 0. The molecule has 0 spiro atoms. The van der Waals surface area contributed by atoms with E-state index in [1.54, 1.807) is 0 Å². The number of pyridine rings is 2. The summed E-state index contributed by atoms with van der Waals surface area (Å²) in [5, 5.41) is 25.9. The molecular weight excluding hydrogens is 1180 g/mol. The van der Waals surface area contributed by atoms with Gasteiger partial charge >= 0.3 is 0 Å². The molecule has 0 unspecified atom stereocenters. The molecule has 0 saturated carbocycles. The van der Waals surface area contributed by atoms with E-state index in [1.807, 2.05) is 48.5 Å². The van der Waals surface area contributed by atoms with Gasteiger partial charge in [0.1, 0.15) is 5.52 Å². The number of nitriles is 1. The third-order valence-corrected chi connectivity index (χ3v) is 19.2. The molecule has 0 aliphatic rings. The number of aromatic nitrogens is 3. The molecular formula is C92H56N4O. The van der Waals surface area contributed by atoms with Crippen molar-refractivity contribution in [2.75, 3.05) is 0 Å². The first-order valence-electron chi connectivity index (χ1n) is 32.8. The van der Waals surface area contributed by atoms with Crippen LogP contribution in [0.4, 0.5) is 0 Å². The number of oxazole rings is 1. The Morgan fingerprint density at radius 3 is 0.959 bits per heavy atom. The van der Waals surface area contributed by atoms with E-state index in [0.717, 1.165) is 94.0 Å². The van der Waals surface area contributed by atoms with Gasteiger partial charge in [0.05, 0.1) is 34.1 Å². The van der Waals surface area contributed by atoms with Crippen LogP contribution in [0.5, 0.6) is 0 Å². The van der Waals surface area contributed by atoms with Crippen molar-refractivity contribution in [3.05, 3.63) is 345 Å². The normalized spacial score (nSPS) is 11.5. The SMILES string of the molecule is N#Cc1ccc(-c2ccc(-c3cc(-c4cccc5ccccc45)c4cc(-c5cccc6ccccc56)c5ccccc5c4n3)cc2)cc1.c1ccc2c(-c3cc4c(-c5cccc6ccccc56)cc(-c5ccc(-c6nc7ccccc7o6)cc5)nc4c4ccccc34)cccc2c1. The third kappa shape index (κ3) is 10.1. The quantitative estimate of drug-likeness (QED) is 0.142. The van der Waals surface area contributed by atoms with Crippen molar-refractivity contribution in [3.8, 4) is 95.7 Å². The van der Waals surface area contributed by atoms with Crippen molar-refractivity contribution >= 4 is 97.5 Å². The highest BCUT2D eigenvalue weighted by molar-refractivity contribution is 6.21. The van der Waals surface area contributed by atoms with Gasteiger partial charge in [-0.05, 0) is 170 Å². The molecule has 0 aliphatic carbocycles. The molecule has 0 atom stereocenters. The fraction of sp³-hybridized carbons (Fsp3) is 0. The standard InChI is InChI=1S/C46H28N2O.C46H28N2/c1-3-15-33-29(11-1)13-9-19-35(33)39-27-41-40(36-20-10-14-30-12-2-4-16-34(30)36)28-43(47-45(41)38-18-6-5-17-37(38)39)31-23-25-32(26-24-31)46-48-42-21-7-8-22-44(42)49-46;47-29-30-19-21-31(22-20-30)32-23-25-35(26-24-32)45-28-43(39-18-8-12-34-10-2-4-14-37(34)39)44-27-42(40-15-5-6-16-41(40)46(44)48-45)38-17-7-11-33-9-1-3-13-36(33)38/h1-28H;1-28H. The number of fused-ring (bicyclic) bond motifs is 11. The van der Waals surface area contributed by atoms with Crippen molar-refractivity contribution in [2.45, 2.75) is 0 Å². The molecule has 19 rings (SSSR count). The van der Waals surface area contributed by atoms with Gasteiger partial charge in [0.15, 0.2) is 5.58 Å². The predicted molar refractivity (Wildman–Crippen MR) is 404 cm³/mol. The second-order valence-corrected chi connectivity index (χ2v) is 24.8. The van der Waals surface area contributed by atoms with Gasteiger partial charge in [0, 0.05) is 38.2 Å². The highest BCUT2D eigenvalue weighted by Crippen LogP contribution is 2.46. The minimum atomic E-state index is 0.614. The first kappa shape index (κ1) is 56.6. The van der Waals surface area contributed by atoms with E-state index in [9.17, 15) is 5.26 Å². The van der Waals surface area contributed by atoms with Crippen molar-refractivity contribution < 1.29 is 4.42 Å². The monoisotopic (exact) mass is 1230 g/mol. The number of rotatable bonds is 8. The van der Waals surface area contributed by atoms with Gasteiger partial charge in [-0.25, -0.2) is 15.0 Å². The lowest BCUT2D eigenvalue weighted by Crippen LogP contribution is -1.94. The molecule has 19 aromatic rings. The molecule has 0 aliphatic heterocycles. The largest absolute Gasteiger partial charge is 0.436 e. The zero-order chi connectivity index (χ0) is 64.3. The van der Waals surface area contributed by atoms with Crippen LogP contribution in [0.15, 0.2) is 344 Å². The minimum absolute atomic E-state index is 0.614. The van der Waals surface area contributed by atoms with Crippen LogP contribution >= 0.6 is 0 Å². The average molecular weight is 1230 g/mol. The van der Waals surface area contributed by atoms with Crippen LogP contribution in [0.3, 0.4) is 0 Å². The smallest absolute Gasteiger partial charge is 0.227 e. The summed E-state index contributed by atoms with van der Waals surface area (Å²) >= 11 is 0. The van der Waals surface area contributed by atoms with E-state index in [-0.39, 0.29) is 0 Å². The fourth-order valence-electron chi connectivity index (χ4n) is 14.5. The summed E-state index contributed by atoms with van der Waals surface area (Å²) in [6, 6.07) is 122. The molecule has 0 fully saturated rings. The summed E-state index contributed by atoms with van der Waals surface area (Å²) in [6.07, 6.45) is 0. The van der Waals surface area contributed by atoms with Gasteiger partial charge in [0.2, 0.25) is 5.89 Å². The molecule has 3 heterocycles. The second kappa shape index (κ2) is 23.8. The van der Waals surface area contributed by atoms with Gasteiger partial charge in [0.25, 0.3) is 0 Å². The Balaban J connectivity index is 0.000000141. The van der Waals surface area contributed by atoms with Crippen LogP contribution in [0.2, 0.25) is 0 Å². The van der Waals surface area contributed by atoms with Gasteiger partial charge in [-0.2, -0.15) is 5.26 Å². The third-order valence-electron chi connectivity index (χ3n) is 19.2. The lowest BCUT2D eigenvalue weighted by atomic mass is 9.88. The highest BCUT2D eigenvalue weighted by Gasteiger charge is 2.21. The average Bonchev–Trinajstić information content (AvgIpc) is 1.24. The van der Waals surface area contributed by atoms with Gasteiger partial charge in [-0.3, -0.25) is 0 Å². The molecule has 16 aromatic carbocycles. The molecule has 0 N–H and O–H groups in total. The number of nitrogens with zero attached hydrogens (tertiary/aromatic N) is 4. The van der Waals surface area contributed by atoms with E-state index >= 15 is 0 Å². The number of hydrogen-bond acceptors (Lipinski definition) is 5. The first-order chi connectivity index (χ1) is 48.0. The van der Waals surface area contributed by atoms with E-state index in [2.05, 4.69) is 297 Å². The summed E-state index contributed by atoms with van der Waals surface area (Å²) in [4.78, 5) is 15.6. The minimum Gasteiger partial charge on any atom is -0.436 e. The van der Waals surface area contributed by atoms with Gasteiger partial charge in [-0.1, -0.05) is 279 Å². The molecule has 0 saturated heterocycles. The van der Waals surface area contributed by atoms with Crippen molar-refractivity contribution in [2.24, 2.45) is 0 Å². The Bertz CT molecular complexity index is 6330. The van der Waals surface area contributed by atoms with Gasteiger partial charge in [-0.15, -0.1) is 0 Å². The summed E-state index contributed by atoms with van der Waals surface area (Å²) < 4.78 is 6.07. The predicted octanol–water partition coefficient (Wildman–Crippen LogP) is 24.7. The van der Waals surface area contributed by atoms with Crippen molar-refractivity contribution in [1.82, 2.24) is 15.0 Å². The van der Waals surface area contributed by atoms with Crippen LogP contribution in [-0.2, 0) is 0 Å². The molecule has 97 heavy (non-hydrogen) atoms. The Kier molecular flexibility index (Phi) is 13.9. The van der Waals surface area contributed by atoms with Crippen molar-refractivity contribution in [3.63, 3.8) is 0 Å². The fourth-order valence-corrected chi connectivity index (χ4v) is 14.5. The highest BCUT2D eigenvalue weighted by atomic mass is 16.3. The molecule has 5 nitrogen and oxygen atoms in total. The Morgan fingerprint density at radius 2 is 0.557 bits per heavy atom. The van der Waals surface area contributed by atoms with Crippen LogP contribution in [0.1, 0.15) is 5.56 Å². The first-order valence-corrected chi connectivity index (χ1v) is 32.8. The zero-order valence-corrected chi connectivity index (χ0v) is 52.5. The van der Waals surface area contributed by atoms with Crippen molar-refractivity contribution in [1.29, 1.82) is 5.26 Å². The van der Waals surface area contributed by atoms with E-state index < -0.39 is 0 Å². The zero-order valence-electron chi connectivity index (χ0n) is 52.5. The lowest BCUT2D eigenvalue weighted by Gasteiger charge is -2.17. The Labute approximate surface area is 559 Å². The molecule has 3 aromatic heterocycles. The summed E-state index contributed by atoms with van der Waals surface area (Å²) in [5.41, 5.74) is 20.9. The number of benzene rings is 16. The molecule has 5 heteroatoms. The maximum Gasteiger partial charge on any atom is 0.227 e. The molecule has 0 radical (unpaired) electrons. The Hall–Kier alpha value is -13.1. The maximum atomic E-state index is 9.22. The van der Waals surface area contributed by atoms with E-state index in [0.29, 0.717) is 11.5 Å². The Morgan fingerprint density at radius 1 is 0.237 bits per heavy atom. The molecule has 0 amide bonds. The van der Waals surface area contributed by atoms with E-state index in [1.165, 1.54) is 87.2 Å². The van der Waals surface area contributed by atoms with Crippen LogP contribution in [-0.4, -0.2) is 15.0 Å².